The first kappa shape index (κ1) is 14.0. The Hall–Kier alpha value is -0.0800. The van der Waals surface area contributed by atoms with Crippen molar-refractivity contribution in [3.05, 3.63) is 0 Å². The van der Waals surface area contributed by atoms with E-state index in [-0.39, 0.29) is 0 Å². The van der Waals surface area contributed by atoms with Crippen molar-refractivity contribution in [1.29, 1.82) is 0 Å². The molecule has 0 aromatic rings. The smallest absolute Gasteiger partial charge is 0.0280 e. The Labute approximate surface area is 102 Å². The lowest BCUT2D eigenvalue weighted by atomic mass is 9.97. The van der Waals surface area contributed by atoms with Gasteiger partial charge in [-0.3, -0.25) is 0 Å². The minimum Gasteiger partial charge on any atom is -0.310 e. The summed E-state index contributed by atoms with van der Waals surface area (Å²) in [6.45, 7) is 14.2. The highest BCUT2D eigenvalue weighted by Gasteiger charge is 2.30. The van der Waals surface area contributed by atoms with Crippen molar-refractivity contribution in [1.82, 2.24) is 10.2 Å². The van der Waals surface area contributed by atoms with Gasteiger partial charge in [0.25, 0.3) is 0 Å². The molecule has 1 aliphatic heterocycles. The highest BCUT2D eigenvalue weighted by Crippen LogP contribution is 2.21. The van der Waals surface area contributed by atoms with Gasteiger partial charge in [-0.25, -0.2) is 0 Å². The van der Waals surface area contributed by atoms with E-state index in [2.05, 4.69) is 37.9 Å². The summed E-state index contributed by atoms with van der Waals surface area (Å²) in [7, 11) is 0. The first-order chi connectivity index (χ1) is 7.63. The van der Waals surface area contributed by atoms with Crippen LogP contribution in [0.5, 0.6) is 0 Å². The van der Waals surface area contributed by atoms with Crippen LogP contribution in [0.4, 0.5) is 0 Å². The van der Waals surface area contributed by atoms with E-state index >= 15 is 0 Å². The van der Waals surface area contributed by atoms with Gasteiger partial charge in [-0.2, -0.15) is 0 Å². The Morgan fingerprint density at radius 1 is 1.25 bits per heavy atom. The average molecular weight is 226 g/mol. The summed E-state index contributed by atoms with van der Waals surface area (Å²) in [6.07, 6.45) is 5.32. The zero-order chi connectivity index (χ0) is 12.0. The van der Waals surface area contributed by atoms with Crippen molar-refractivity contribution < 1.29 is 0 Å². The van der Waals surface area contributed by atoms with Gasteiger partial charge in [0.1, 0.15) is 0 Å². The number of hydrogen-bond acceptors (Lipinski definition) is 2. The summed E-state index contributed by atoms with van der Waals surface area (Å²) in [5.41, 5.74) is 0.377. The van der Waals surface area contributed by atoms with Crippen LogP contribution in [0, 0.1) is 5.92 Å². The van der Waals surface area contributed by atoms with Crippen LogP contribution in [0.15, 0.2) is 0 Å². The van der Waals surface area contributed by atoms with E-state index in [0.717, 1.165) is 5.92 Å². The third kappa shape index (κ3) is 4.06. The fraction of sp³-hybridized carbons (Fsp3) is 1.00. The molecule has 0 saturated carbocycles. The molecule has 1 atom stereocenters. The lowest BCUT2D eigenvalue weighted by molar-refractivity contribution is 0.180. The molecule has 1 heterocycles. The third-order valence-electron chi connectivity index (χ3n) is 4.15. The fourth-order valence-corrected chi connectivity index (χ4v) is 2.80. The average Bonchev–Trinajstić information content (AvgIpc) is 2.71. The van der Waals surface area contributed by atoms with Crippen LogP contribution in [0.3, 0.4) is 0 Å². The van der Waals surface area contributed by atoms with Gasteiger partial charge in [0, 0.05) is 18.6 Å². The van der Waals surface area contributed by atoms with Crippen LogP contribution in [0.25, 0.3) is 0 Å². The maximum Gasteiger partial charge on any atom is 0.0280 e. The lowest BCUT2D eigenvalue weighted by Crippen LogP contribution is -2.48. The number of rotatable bonds is 7. The molecule has 0 spiro atoms. The second-order valence-electron chi connectivity index (χ2n) is 5.60. The maximum absolute atomic E-state index is 3.67. The van der Waals surface area contributed by atoms with E-state index in [1.54, 1.807) is 0 Å². The van der Waals surface area contributed by atoms with E-state index < -0.39 is 0 Å². The van der Waals surface area contributed by atoms with Crippen LogP contribution >= 0.6 is 0 Å². The Morgan fingerprint density at radius 2 is 1.94 bits per heavy atom. The second kappa shape index (κ2) is 6.61. The third-order valence-corrected chi connectivity index (χ3v) is 4.15. The van der Waals surface area contributed by atoms with Crippen molar-refractivity contribution in [2.24, 2.45) is 5.92 Å². The van der Waals surface area contributed by atoms with E-state index in [9.17, 15) is 0 Å². The van der Waals surface area contributed by atoms with Gasteiger partial charge in [0.05, 0.1) is 0 Å². The molecule has 1 fully saturated rings. The normalized spacial score (nSPS) is 25.9. The van der Waals surface area contributed by atoms with Gasteiger partial charge in [-0.1, -0.05) is 33.6 Å². The summed E-state index contributed by atoms with van der Waals surface area (Å²) < 4.78 is 0. The number of hydrogen-bond donors (Lipinski definition) is 1. The van der Waals surface area contributed by atoms with Gasteiger partial charge < -0.3 is 10.2 Å². The Morgan fingerprint density at radius 3 is 2.38 bits per heavy atom. The van der Waals surface area contributed by atoms with E-state index in [1.165, 1.54) is 51.9 Å². The van der Waals surface area contributed by atoms with Crippen molar-refractivity contribution in [2.75, 3.05) is 26.2 Å². The van der Waals surface area contributed by atoms with Crippen molar-refractivity contribution >= 4 is 0 Å². The molecule has 0 bridgehead atoms. The summed E-state index contributed by atoms with van der Waals surface area (Å²) in [4.78, 5) is 2.63. The lowest BCUT2D eigenvalue weighted by Gasteiger charge is -2.34. The van der Waals surface area contributed by atoms with Crippen LogP contribution in [0.1, 0.15) is 53.4 Å². The van der Waals surface area contributed by atoms with Gasteiger partial charge >= 0.3 is 0 Å². The van der Waals surface area contributed by atoms with Gasteiger partial charge in [0.2, 0.25) is 0 Å². The zero-order valence-electron chi connectivity index (χ0n) is 11.7. The SMILES string of the molecule is CCC(CC)CN(CC)CC1(C)CCCN1. The second-order valence-corrected chi connectivity index (χ2v) is 5.60. The van der Waals surface area contributed by atoms with Gasteiger partial charge in [0.15, 0.2) is 0 Å². The molecule has 2 nitrogen and oxygen atoms in total. The topological polar surface area (TPSA) is 15.3 Å². The molecule has 0 amide bonds. The number of nitrogens with zero attached hydrogens (tertiary/aromatic N) is 1. The van der Waals surface area contributed by atoms with Crippen molar-refractivity contribution in [3.63, 3.8) is 0 Å². The summed E-state index contributed by atoms with van der Waals surface area (Å²) in [5.74, 6) is 0.880. The summed E-state index contributed by atoms with van der Waals surface area (Å²) in [5, 5.41) is 3.67. The van der Waals surface area contributed by atoms with Crippen molar-refractivity contribution in [3.8, 4) is 0 Å². The van der Waals surface area contributed by atoms with Gasteiger partial charge in [-0.15, -0.1) is 0 Å². The number of likely N-dealkylation sites (N-methyl/N-ethyl adjacent to an activating group) is 1. The summed E-state index contributed by atoms with van der Waals surface area (Å²) >= 11 is 0. The van der Waals surface area contributed by atoms with Crippen LogP contribution in [-0.4, -0.2) is 36.6 Å². The molecule has 0 aromatic heterocycles. The molecule has 0 radical (unpaired) electrons. The van der Waals surface area contributed by atoms with E-state index in [0.29, 0.717) is 5.54 Å². The highest BCUT2D eigenvalue weighted by atomic mass is 15.2. The standard InChI is InChI=1S/C14H30N2/c1-5-13(6-2)11-16(7-3)12-14(4)9-8-10-15-14/h13,15H,5-12H2,1-4H3. The zero-order valence-corrected chi connectivity index (χ0v) is 11.7. The predicted molar refractivity (Wildman–Crippen MR) is 71.8 cm³/mol. The molecular formula is C14H30N2. The molecule has 1 unspecified atom stereocenters. The molecule has 16 heavy (non-hydrogen) atoms. The molecule has 0 aromatic carbocycles. The van der Waals surface area contributed by atoms with E-state index in [4.69, 9.17) is 0 Å². The molecular weight excluding hydrogens is 196 g/mol. The first-order valence-corrected chi connectivity index (χ1v) is 7.11. The molecule has 1 aliphatic rings. The predicted octanol–water partition coefficient (Wildman–Crippen LogP) is 2.89. The van der Waals surface area contributed by atoms with Crippen molar-refractivity contribution in [2.45, 2.75) is 58.9 Å². The molecule has 1 rings (SSSR count). The van der Waals surface area contributed by atoms with Crippen LogP contribution in [-0.2, 0) is 0 Å². The Balaban J connectivity index is 2.41. The summed E-state index contributed by atoms with van der Waals surface area (Å²) in [6, 6.07) is 0. The van der Waals surface area contributed by atoms with Crippen LogP contribution in [0.2, 0.25) is 0 Å². The molecule has 1 N–H and O–H groups in total. The van der Waals surface area contributed by atoms with Crippen LogP contribution < -0.4 is 5.32 Å². The quantitative estimate of drug-likeness (QED) is 0.718. The minimum atomic E-state index is 0.377. The maximum atomic E-state index is 3.67. The fourth-order valence-electron chi connectivity index (χ4n) is 2.80. The van der Waals surface area contributed by atoms with E-state index in [1.807, 2.05) is 0 Å². The Bertz CT molecular complexity index is 181. The van der Waals surface area contributed by atoms with Gasteiger partial charge in [-0.05, 0) is 38.8 Å². The molecule has 0 aliphatic carbocycles. The minimum absolute atomic E-state index is 0.377. The molecule has 96 valence electrons. The monoisotopic (exact) mass is 226 g/mol. The Kier molecular flexibility index (Phi) is 5.77. The first-order valence-electron chi connectivity index (χ1n) is 7.11. The molecule has 1 saturated heterocycles. The number of nitrogens with one attached hydrogen (secondary N) is 1. The molecule has 2 heteroatoms. The highest BCUT2D eigenvalue weighted by molar-refractivity contribution is 4.91. The largest absolute Gasteiger partial charge is 0.310 e.